The van der Waals surface area contributed by atoms with Crippen molar-refractivity contribution in [2.24, 2.45) is 0 Å². The fraction of sp³-hybridized carbons (Fsp3) is 0.259. The Morgan fingerprint density at radius 1 is 1.09 bits per heavy atom. The highest BCUT2D eigenvalue weighted by molar-refractivity contribution is 5.95. The first-order valence-electron chi connectivity index (χ1n) is 11.6. The fourth-order valence-electron chi connectivity index (χ4n) is 4.38. The molecule has 7 heteroatoms. The second-order valence-corrected chi connectivity index (χ2v) is 8.28. The number of fused-ring (bicyclic) bond motifs is 1. The second kappa shape index (κ2) is 9.57. The van der Waals surface area contributed by atoms with Gasteiger partial charge in [-0.3, -0.25) is 4.79 Å². The van der Waals surface area contributed by atoms with Gasteiger partial charge in [0.1, 0.15) is 11.6 Å². The average Bonchev–Trinajstić information content (AvgIpc) is 2.89. The van der Waals surface area contributed by atoms with Crippen LogP contribution < -0.4 is 20.5 Å². The van der Waals surface area contributed by atoms with E-state index in [0.717, 1.165) is 72.1 Å². The molecule has 0 amide bonds. The molecule has 0 radical (unpaired) electrons. The standard InChI is InChI=1S/C27H28N4O3/c1-3-18-16-19(4-9-24(18)33-2)23-17-20-10-11-28-27(32)25(20)26(30-23)29-21-5-7-22(8-6-21)31-12-14-34-15-13-31/h4-11,16-17H,3,12-15H2,1-2H3,(H,28,32)(H,29,30). The molecule has 0 aliphatic carbocycles. The summed E-state index contributed by atoms with van der Waals surface area (Å²) >= 11 is 0. The summed E-state index contributed by atoms with van der Waals surface area (Å²) in [4.78, 5) is 22.7. The molecule has 0 unspecified atom stereocenters. The Kier molecular flexibility index (Phi) is 6.18. The zero-order chi connectivity index (χ0) is 23.5. The molecular weight excluding hydrogens is 428 g/mol. The molecule has 1 aliphatic rings. The lowest BCUT2D eigenvalue weighted by Gasteiger charge is -2.28. The Labute approximate surface area is 198 Å². The van der Waals surface area contributed by atoms with Gasteiger partial charge in [-0.1, -0.05) is 6.92 Å². The number of nitrogens with zero attached hydrogens (tertiary/aromatic N) is 2. The van der Waals surface area contributed by atoms with Crippen molar-refractivity contribution in [3.8, 4) is 17.0 Å². The molecule has 174 valence electrons. The SMILES string of the molecule is CCc1cc(-c2cc3cc[nH]c(=O)c3c(Nc3ccc(N4CCOCC4)cc3)n2)ccc1OC. The molecule has 0 saturated carbocycles. The van der Waals surface area contributed by atoms with E-state index in [-0.39, 0.29) is 5.56 Å². The molecule has 1 fully saturated rings. The maximum atomic E-state index is 12.7. The summed E-state index contributed by atoms with van der Waals surface area (Å²) in [5, 5.41) is 4.74. The van der Waals surface area contributed by atoms with Crippen molar-refractivity contribution < 1.29 is 9.47 Å². The highest BCUT2D eigenvalue weighted by Gasteiger charge is 2.14. The summed E-state index contributed by atoms with van der Waals surface area (Å²) in [5.74, 6) is 1.39. The maximum Gasteiger partial charge on any atom is 0.259 e. The first-order valence-corrected chi connectivity index (χ1v) is 11.6. The molecule has 2 aromatic heterocycles. The third kappa shape index (κ3) is 4.34. The molecule has 4 aromatic rings. The predicted octanol–water partition coefficient (Wildman–Crippen LogP) is 4.74. The quantitative estimate of drug-likeness (QED) is 0.436. The summed E-state index contributed by atoms with van der Waals surface area (Å²) in [5.41, 5.74) is 4.74. The minimum absolute atomic E-state index is 0.173. The van der Waals surface area contributed by atoms with Crippen LogP contribution in [0.3, 0.4) is 0 Å². The minimum atomic E-state index is -0.173. The predicted molar refractivity (Wildman–Crippen MR) is 136 cm³/mol. The zero-order valence-electron chi connectivity index (χ0n) is 19.4. The number of aromatic amines is 1. The maximum absolute atomic E-state index is 12.7. The van der Waals surface area contributed by atoms with Crippen LogP contribution in [0, 0.1) is 0 Å². The molecule has 0 bridgehead atoms. The number of ether oxygens (including phenoxy) is 2. The molecule has 1 aliphatic heterocycles. The fourth-order valence-corrected chi connectivity index (χ4v) is 4.38. The lowest BCUT2D eigenvalue weighted by atomic mass is 10.0. The van der Waals surface area contributed by atoms with Crippen molar-refractivity contribution in [2.75, 3.05) is 43.6 Å². The van der Waals surface area contributed by atoms with Gasteiger partial charge < -0.3 is 24.7 Å². The molecular formula is C27H28N4O3. The summed E-state index contributed by atoms with van der Waals surface area (Å²) in [7, 11) is 1.68. The molecule has 2 N–H and O–H groups in total. The van der Waals surface area contributed by atoms with E-state index in [9.17, 15) is 4.79 Å². The molecule has 3 heterocycles. The van der Waals surface area contributed by atoms with E-state index in [1.165, 1.54) is 0 Å². The van der Waals surface area contributed by atoms with Crippen molar-refractivity contribution in [3.05, 3.63) is 76.7 Å². The summed E-state index contributed by atoms with van der Waals surface area (Å²) in [6.07, 6.45) is 2.52. The third-order valence-electron chi connectivity index (χ3n) is 6.22. The molecule has 2 aromatic carbocycles. The number of aromatic nitrogens is 2. The van der Waals surface area contributed by atoms with Gasteiger partial charge in [0, 0.05) is 36.2 Å². The van der Waals surface area contributed by atoms with E-state index in [1.54, 1.807) is 13.3 Å². The third-order valence-corrected chi connectivity index (χ3v) is 6.22. The number of H-pyrrole nitrogens is 1. The van der Waals surface area contributed by atoms with Gasteiger partial charge in [0.15, 0.2) is 0 Å². The van der Waals surface area contributed by atoms with Crippen molar-refractivity contribution in [1.29, 1.82) is 0 Å². The van der Waals surface area contributed by atoms with Gasteiger partial charge >= 0.3 is 0 Å². The van der Waals surface area contributed by atoms with Crippen LogP contribution in [0.25, 0.3) is 22.0 Å². The van der Waals surface area contributed by atoms with Gasteiger partial charge in [-0.2, -0.15) is 0 Å². The van der Waals surface area contributed by atoms with Gasteiger partial charge in [0.25, 0.3) is 5.56 Å². The van der Waals surface area contributed by atoms with Gasteiger partial charge in [-0.05, 0) is 72.0 Å². The number of rotatable bonds is 6. The van der Waals surface area contributed by atoms with Crippen LogP contribution in [-0.4, -0.2) is 43.4 Å². The number of aryl methyl sites for hydroxylation is 1. The lowest BCUT2D eigenvalue weighted by molar-refractivity contribution is 0.122. The Morgan fingerprint density at radius 3 is 2.62 bits per heavy atom. The van der Waals surface area contributed by atoms with Gasteiger partial charge in [-0.25, -0.2) is 4.98 Å². The molecule has 5 rings (SSSR count). The van der Waals surface area contributed by atoms with Crippen molar-refractivity contribution >= 4 is 28.0 Å². The monoisotopic (exact) mass is 456 g/mol. The highest BCUT2D eigenvalue weighted by Crippen LogP contribution is 2.31. The molecule has 0 spiro atoms. The number of methoxy groups -OCH3 is 1. The Bertz CT molecular complexity index is 1360. The first-order chi connectivity index (χ1) is 16.7. The summed E-state index contributed by atoms with van der Waals surface area (Å²) in [6.45, 7) is 5.37. The second-order valence-electron chi connectivity index (χ2n) is 8.28. The van der Waals surface area contributed by atoms with Crippen LogP contribution in [0.5, 0.6) is 5.75 Å². The lowest BCUT2D eigenvalue weighted by Crippen LogP contribution is -2.36. The van der Waals surface area contributed by atoms with E-state index in [4.69, 9.17) is 14.5 Å². The van der Waals surface area contributed by atoms with Gasteiger partial charge in [0.2, 0.25) is 0 Å². The average molecular weight is 457 g/mol. The number of morpholine rings is 1. The van der Waals surface area contributed by atoms with Gasteiger partial charge in [-0.15, -0.1) is 0 Å². The smallest absolute Gasteiger partial charge is 0.259 e. The first kappa shape index (κ1) is 22.0. The van der Waals surface area contributed by atoms with E-state index < -0.39 is 0 Å². The largest absolute Gasteiger partial charge is 0.496 e. The van der Waals surface area contributed by atoms with E-state index >= 15 is 0 Å². The molecule has 1 saturated heterocycles. The topological polar surface area (TPSA) is 79.5 Å². The van der Waals surface area contributed by atoms with Crippen LogP contribution in [0.2, 0.25) is 0 Å². The zero-order valence-corrected chi connectivity index (χ0v) is 19.4. The number of anilines is 3. The minimum Gasteiger partial charge on any atom is -0.496 e. The Morgan fingerprint density at radius 2 is 1.88 bits per heavy atom. The normalized spacial score (nSPS) is 13.8. The Balaban J connectivity index is 1.53. The molecule has 7 nitrogen and oxygen atoms in total. The number of benzene rings is 2. The van der Waals surface area contributed by atoms with E-state index in [2.05, 4.69) is 40.3 Å². The molecule has 34 heavy (non-hydrogen) atoms. The van der Waals surface area contributed by atoms with Crippen LogP contribution >= 0.6 is 0 Å². The molecule has 0 atom stereocenters. The van der Waals surface area contributed by atoms with Crippen LogP contribution in [0.15, 0.2) is 65.6 Å². The van der Waals surface area contributed by atoms with Crippen molar-refractivity contribution in [3.63, 3.8) is 0 Å². The number of pyridine rings is 2. The van der Waals surface area contributed by atoms with Crippen molar-refractivity contribution in [2.45, 2.75) is 13.3 Å². The van der Waals surface area contributed by atoms with E-state index in [0.29, 0.717) is 11.2 Å². The van der Waals surface area contributed by atoms with Crippen LogP contribution in [0.1, 0.15) is 12.5 Å². The number of hydrogen-bond acceptors (Lipinski definition) is 6. The Hall–Kier alpha value is -3.84. The number of nitrogens with one attached hydrogen (secondary N) is 2. The van der Waals surface area contributed by atoms with Crippen molar-refractivity contribution in [1.82, 2.24) is 9.97 Å². The van der Waals surface area contributed by atoms with Crippen LogP contribution in [-0.2, 0) is 11.2 Å². The highest BCUT2D eigenvalue weighted by atomic mass is 16.5. The summed E-state index contributed by atoms with van der Waals surface area (Å²) < 4.78 is 10.9. The van der Waals surface area contributed by atoms with Crippen LogP contribution in [0.4, 0.5) is 17.2 Å². The van der Waals surface area contributed by atoms with Gasteiger partial charge in [0.05, 0.1) is 31.4 Å². The number of hydrogen-bond donors (Lipinski definition) is 2. The summed E-state index contributed by atoms with van der Waals surface area (Å²) in [6, 6.07) is 18.1. The van der Waals surface area contributed by atoms with E-state index in [1.807, 2.05) is 36.4 Å².